The summed E-state index contributed by atoms with van der Waals surface area (Å²) >= 11 is 12.6. The summed E-state index contributed by atoms with van der Waals surface area (Å²) in [6.07, 6.45) is 0.916. The molecular weight excluding hydrogens is 633 g/mol. The van der Waals surface area contributed by atoms with E-state index in [1.807, 2.05) is 37.3 Å². The highest BCUT2D eigenvalue weighted by atomic mass is 35.5. The average Bonchev–Trinajstić information content (AvgIpc) is 3.04. The Balaban J connectivity index is 1.80. The molecule has 1 N–H and O–H groups in total. The van der Waals surface area contributed by atoms with Crippen LogP contribution < -0.4 is 14.4 Å². The molecule has 1 unspecified atom stereocenters. The van der Waals surface area contributed by atoms with Crippen LogP contribution in [0.2, 0.25) is 10.0 Å². The second-order valence-electron chi connectivity index (χ2n) is 10.3. The second kappa shape index (κ2) is 15.8. The van der Waals surface area contributed by atoms with E-state index in [1.54, 1.807) is 42.5 Å². The van der Waals surface area contributed by atoms with E-state index in [0.29, 0.717) is 34.3 Å². The van der Waals surface area contributed by atoms with Crippen LogP contribution in [0.3, 0.4) is 0 Å². The third-order valence-electron chi connectivity index (χ3n) is 7.08. The largest absolute Gasteiger partial charge is 0.497 e. The van der Waals surface area contributed by atoms with Gasteiger partial charge in [-0.15, -0.1) is 0 Å². The molecule has 0 radical (unpaired) electrons. The van der Waals surface area contributed by atoms with E-state index < -0.39 is 28.5 Å². The highest BCUT2D eigenvalue weighted by Gasteiger charge is 2.34. The lowest BCUT2D eigenvalue weighted by atomic mass is 10.0. The first-order valence-corrected chi connectivity index (χ1v) is 16.6. The fourth-order valence-electron chi connectivity index (χ4n) is 4.79. The number of rotatable bonds is 14. The van der Waals surface area contributed by atoms with Crippen molar-refractivity contribution in [2.75, 3.05) is 24.5 Å². The lowest BCUT2D eigenvalue weighted by Gasteiger charge is -2.34. The van der Waals surface area contributed by atoms with Gasteiger partial charge in [0.05, 0.1) is 17.7 Å². The van der Waals surface area contributed by atoms with Crippen molar-refractivity contribution in [2.45, 2.75) is 37.2 Å². The molecule has 4 aromatic carbocycles. The summed E-state index contributed by atoms with van der Waals surface area (Å²) in [5, 5.41) is 3.69. The summed E-state index contributed by atoms with van der Waals surface area (Å²) < 4.78 is 34.4. The minimum absolute atomic E-state index is 0.0163. The number of halogens is 2. The van der Waals surface area contributed by atoms with Gasteiger partial charge in [0.15, 0.2) is 0 Å². The minimum Gasteiger partial charge on any atom is -0.497 e. The SMILES string of the molecule is CCCNC(=O)C(Cc1ccccc1)N(Cc1cccc(Cl)c1)C(=O)CN(c1cccc(Cl)c1)S(=O)(=O)c1ccc(OC)cc1. The predicted octanol–water partition coefficient (Wildman–Crippen LogP) is 6.36. The number of methoxy groups -OCH3 is 1. The van der Waals surface area contributed by atoms with Gasteiger partial charge in [-0.05, 0) is 72.1 Å². The molecule has 1 atom stereocenters. The zero-order valence-electron chi connectivity index (χ0n) is 25.0. The van der Waals surface area contributed by atoms with Crippen LogP contribution >= 0.6 is 23.2 Å². The molecule has 0 aliphatic heterocycles. The Bertz CT molecular complexity index is 1700. The fraction of sp³-hybridized carbons (Fsp3) is 0.235. The number of carbonyl (C=O) groups is 2. The van der Waals surface area contributed by atoms with Crippen molar-refractivity contribution in [2.24, 2.45) is 0 Å². The number of carbonyl (C=O) groups excluding carboxylic acids is 2. The quantitative estimate of drug-likeness (QED) is 0.169. The summed E-state index contributed by atoms with van der Waals surface area (Å²) in [7, 11) is -2.79. The van der Waals surface area contributed by atoms with Crippen LogP contribution in [-0.2, 0) is 32.6 Å². The number of hydrogen-bond donors (Lipinski definition) is 1. The van der Waals surface area contributed by atoms with Gasteiger partial charge in [-0.3, -0.25) is 13.9 Å². The Morgan fingerprint density at radius 1 is 0.844 bits per heavy atom. The second-order valence-corrected chi connectivity index (χ2v) is 13.1. The van der Waals surface area contributed by atoms with Crippen LogP contribution in [0.1, 0.15) is 24.5 Å². The number of nitrogens with zero attached hydrogens (tertiary/aromatic N) is 2. The summed E-state index contributed by atoms with van der Waals surface area (Å²) in [5.41, 5.74) is 1.73. The van der Waals surface area contributed by atoms with Crippen LogP contribution in [-0.4, -0.2) is 51.4 Å². The molecule has 0 bridgehead atoms. The smallest absolute Gasteiger partial charge is 0.264 e. The van der Waals surface area contributed by atoms with Gasteiger partial charge in [0.2, 0.25) is 11.8 Å². The van der Waals surface area contributed by atoms with Gasteiger partial charge in [0.1, 0.15) is 18.3 Å². The molecule has 0 aliphatic carbocycles. The normalized spacial score (nSPS) is 11.8. The third-order valence-corrected chi connectivity index (χ3v) is 9.34. The van der Waals surface area contributed by atoms with Crippen molar-refractivity contribution >= 4 is 50.7 Å². The van der Waals surface area contributed by atoms with Gasteiger partial charge >= 0.3 is 0 Å². The molecule has 0 aromatic heterocycles. The maximum atomic E-state index is 14.4. The molecule has 0 aliphatic rings. The van der Waals surface area contributed by atoms with Crippen LogP contribution in [0.15, 0.2) is 108 Å². The first-order chi connectivity index (χ1) is 21.6. The van der Waals surface area contributed by atoms with Gasteiger partial charge in [0.25, 0.3) is 10.0 Å². The van der Waals surface area contributed by atoms with Gasteiger partial charge in [-0.2, -0.15) is 0 Å². The zero-order chi connectivity index (χ0) is 32.4. The van der Waals surface area contributed by atoms with Gasteiger partial charge in [0, 0.05) is 29.6 Å². The number of ether oxygens (including phenoxy) is 1. The summed E-state index contributed by atoms with van der Waals surface area (Å²) in [5.74, 6) is -0.447. The van der Waals surface area contributed by atoms with Gasteiger partial charge < -0.3 is 15.0 Å². The first kappa shape index (κ1) is 33.8. The molecule has 0 fully saturated rings. The van der Waals surface area contributed by atoms with Crippen molar-refractivity contribution in [1.29, 1.82) is 0 Å². The predicted molar refractivity (Wildman–Crippen MR) is 178 cm³/mol. The monoisotopic (exact) mass is 667 g/mol. The number of benzene rings is 4. The molecule has 2 amide bonds. The molecule has 11 heteroatoms. The molecule has 8 nitrogen and oxygen atoms in total. The lowest BCUT2D eigenvalue weighted by Crippen LogP contribution is -2.53. The summed E-state index contributed by atoms with van der Waals surface area (Å²) in [6.45, 7) is 1.78. The molecule has 0 saturated carbocycles. The van der Waals surface area contributed by atoms with Crippen molar-refractivity contribution in [1.82, 2.24) is 10.2 Å². The van der Waals surface area contributed by atoms with Crippen molar-refractivity contribution in [3.8, 4) is 5.75 Å². The van der Waals surface area contributed by atoms with Crippen molar-refractivity contribution in [3.05, 3.63) is 124 Å². The van der Waals surface area contributed by atoms with E-state index in [1.165, 1.54) is 42.3 Å². The van der Waals surface area contributed by atoms with E-state index in [-0.39, 0.29) is 29.5 Å². The Morgan fingerprint density at radius 3 is 2.11 bits per heavy atom. The molecule has 0 saturated heterocycles. The third kappa shape index (κ3) is 9.00. The molecule has 236 valence electrons. The number of amides is 2. The topological polar surface area (TPSA) is 96.0 Å². The summed E-state index contributed by atoms with van der Waals surface area (Å²) in [4.78, 5) is 29.5. The Labute approximate surface area is 274 Å². The standard InChI is InChI=1S/C34H35Cl2N3O5S/c1-3-19-37-34(41)32(21-25-9-5-4-6-10-25)38(23-26-11-7-12-27(35)20-26)33(40)24-39(29-14-8-13-28(36)22-29)45(42,43)31-17-15-30(44-2)16-18-31/h4-18,20,22,32H,3,19,21,23-24H2,1-2H3,(H,37,41). The molecule has 0 heterocycles. The van der Waals surface area contributed by atoms with E-state index >= 15 is 0 Å². The average molecular weight is 669 g/mol. The van der Waals surface area contributed by atoms with E-state index in [0.717, 1.165) is 9.87 Å². The number of sulfonamides is 1. The van der Waals surface area contributed by atoms with Gasteiger partial charge in [-0.25, -0.2) is 8.42 Å². The zero-order valence-corrected chi connectivity index (χ0v) is 27.4. The fourth-order valence-corrected chi connectivity index (χ4v) is 6.59. The number of hydrogen-bond acceptors (Lipinski definition) is 5. The Kier molecular flexibility index (Phi) is 11.9. The van der Waals surface area contributed by atoms with E-state index in [4.69, 9.17) is 27.9 Å². The number of nitrogens with one attached hydrogen (secondary N) is 1. The van der Waals surface area contributed by atoms with Crippen molar-refractivity contribution < 1.29 is 22.7 Å². The molecule has 4 rings (SSSR count). The molecule has 4 aromatic rings. The minimum atomic E-state index is -4.27. The Hall–Kier alpha value is -4.05. The van der Waals surface area contributed by atoms with Crippen LogP contribution in [0.5, 0.6) is 5.75 Å². The number of anilines is 1. The maximum Gasteiger partial charge on any atom is 0.264 e. The van der Waals surface area contributed by atoms with Crippen molar-refractivity contribution in [3.63, 3.8) is 0 Å². The van der Waals surface area contributed by atoms with Crippen LogP contribution in [0.4, 0.5) is 5.69 Å². The lowest BCUT2D eigenvalue weighted by molar-refractivity contribution is -0.140. The highest BCUT2D eigenvalue weighted by molar-refractivity contribution is 7.92. The molecular formula is C34H35Cl2N3O5S. The maximum absolute atomic E-state index is 14.4. The molecule has 45 heavy (non-hydrogen) atoms. The van der Waals surface area contributed by atoms with E-state index in [9.17, 15) is 18.0 Å². The van der Waals surface area contributed by atoms with E-state index in [2.05, 4.69) is 5.32 Å². The van der Waals surface area contributed by atoms with Gasteiger partial charge in [-0.1, -0.05) is 78.7 Å². The van der Waals surface area contributed by atoms with Crippen LogP contribution in [0.25, 0.3) is 0 Å². The molecule has 0 spiro atoms. The first-order valence-electron chi connectivity index (χ1n) is 14.4. The summed E-state index contributed by atoms with van der Waals surface area (Å²) in [6, 6.07) is 27.6. The highest BCUT2D eigenvalue weighted by Crippen LogP contribution is 2.28. The Morgan fingerprint density at radius 2 is 1.49 bits per heavy atom. The van der Waals surface area contributed by atoms with Crippen LogP contribution in [0, 0.1) is 0 Å².